The van der Waals surface area contributed by atoms with Gasteiger partial charge >= 0.3 is 0 Å². The first kappa shape index (κ1) is 25.2. The van der Waals surface area contributed by atoms with Crippen LogP contribution in [0.1, 0.15) is 58.4 Å². The van der Waals surface area contributed by atoms with Crippen molar-refractivity contribution in [2.24, 2.45) is 0 Å². The summed E-state index contributed by atoms with van der Waals surface area (Å²) >= 11 is 0. The minimum atomic E-state index is -3.52. The molecule has 1 unspecified atom stereocenters. The maximum Gasteiger partial charge on any atom is 0.178 e. The molecule has 0 bridgehead atoms. The van der Waals surface area contributed by atoms with E-state index in [0.29, 0.717) is 28.7 Å². The molecule has 180 valence electrons. The Bertz CT molecular complexity index is 1170. The fourth-order valence-corrected chi connectivity index (χ4v) is 5.37. The maximum atomic E-state index is 13.3. The fourth-order valence-electron chi connectivity index (χ4n) is 3.95. The Kier molecular flexibility index (Phi) is 7.80. The molecule has 0 aliphatic rings. The van der Waals surface area contributed by atoms with E-state index in [2.05, 4.69) is 31.1 Å². The summed E-state index contributed by atoms with van der Waals surface area (Å²) in [5.74, 6) is 0.109. The first-order chi connectivity index (χ1) is 15.6. The molecule has 3 aromatic rings. The summed E-state index contributed by atoms with van der Waals surface area (Å²) in [6, 6.07) is 10.5. The highest BCUT2D eigenvalue weighted by atomic mass is 32.2. The van der Waals surface area contributed by atoms with Crippen LogP contribution in [0.3, 0.4) is 0 Å². The quantitative estimate of drug-likeness (QED) is 0.323. The first-order valence-corrected chi connectivity index (χ1v) is 13.5. The molecule has 0 radical (unpaired) electrons. The molecular weight excluding hydrogens is 436 g/mol. The van der Waals surface area contributed by atoms with Gasteiger partial charge in [0.1, 0.15) is 22.5 Å². The van der Waals surface area contributed by atoms with Crippen molar-refractivity contribution in [1.29, 1.82) is 0 Å². The van der Waals surface area contributed by atoms with Crippen LogP contribution in [0.4, 0.5) is 0 Å². The predicted octanol–water partition coefficient (Wildman–Crippen LogP) is 4.68. The van der Waals surface area contributed by atoms with Crippen LogP contribution < -0.4 is 0 Å². The number of aromatic nitrogens is 3. The van der Waals surface area contributed by atoms with E-state index in [1.165, 1.54) is 10.9 Å². The molecule has 0 aliphatic heterocycles. The molecule has 0 fully saturated rings. The zero-order valence-electron chi connectivity index (χ0n) is 20.5. The normalized spacial score (nSPS) is 13.5. The number of hydrogen-bond acceptors (Lipinski definition) is 5. The van der Waals surface area contributed by atoms with Crippen molar-refractivity contribution in [2.45, 2.75) is 57.8 Å². The molecule has 0 aliphatic carbocycles. The molecular formula is C25H37N4O3S+. The summed E-state index contributed by atoms with van der Waals surface area (Å²) in [5, 5.41) is 19.9. The van der Waals surface area contributed by atoms with Crippen molar-refractivity contribution in [1.82, 2.24) is 15.0 Å². The van der Waals surface area contributed by atoms with Gasteiger partial charge in [-0.1, -0.05) is 26.0 Å². The van der Waals surface area contributed by atoms with Crippen LogP contribution in [-0.2, 0) is 9.84 Å². The smallest absolute Gasteiger partial charge is 0.178 e. The van der Waals surface area contributed by atoms with Gasteiger partial charge in [-0.05, 0) is 63.3 Å². The summed E-state index contributed by atoms with van der Waals surface area (Å²) in [5.41, 5.74) is 2.27. The van der Waals surface area contributed by atoms with Gasteiger partial charge in [-0.15, -0.1) is 15.0 Å². The Morgan fingerprint density at radius 3 is 2.18 bits per heavy atom. The van der Waals surface area contributed by atoms with Crippen molar-refractivity contribution >= 4 is 20.9 Å². The summed E-state index contributed by atoms with van der Waals surface area (Å²) in [7, 11) is -1.31. The lowest BCUT2D eigenvalue weighted by Gasteiger charge is -2.32. The van der Waals surface area contributed by atoms with Crippen LogP contribution >= 0.6 is 0 Å². The number of quaternary nitrogens is 1. The van der Waals surface area contributed by atoms with Crippen molar-refractivity contribution in [3.8, 4) is 11.4 Å². The molecule has 1 aromatic heterocycles. The Morgan fingerprint density at radius 1 is 1.03 bits per heavy atom. The van der Waals surface area contributed by atoms with Gasteiger partial charge in [0.2, 0.25) is 0 Å². The van der Waals surface area contributed by atoms with E-state index in [1.54, 1.807) is 6.07 Å². The minimum absolute atomic E-state index is 0.00371. The fraction of sp³-hybridized carbons (Fsp3) is 0.520. The summed E-state index contributed by atoms with van der Waals surface area (Å²) in [4.78, 5) is 1.56. The Labute approximate surface area is 197 Å². The van der Waals surface area contributed by atoms with Gasteiger partial charge in [0.25, 0.3) is 0 Å². The number of unbranched alkanes of at least 4 members (excludes halogenated alkanes) is 1. The number of aromatic hydroxyl groups is 1. The third kappa shape index (κ3) is 5.55. The van der Waals surface area contributed by atoms with Gasteiger partial charge in [-0.3, -0.25) is 0 Å². The zero-order valence-corrected chi connectivity index (χ0v) is 21.3. The van der Waals surface area contributed by atoms with Crippen LogP contribution in [0.15, 0.2) is 41.3 Å². The molecule has 0 spiro atoms. The molecule has 1 heterocycles. The molecule has 1 atom stereocenters. The molecule has 1 N–H and O–H groups in total. The second-order valence-corrected chi connectivity index (χ2v) is 11.3. The van der Waals surface area contributed by atoms with E-state index in [-0.39, 0.29) is 22.3 Å². The average Bonchev–Trinajstić information content (AvgIpc) is 3.25. The van der Waals surface area contributed by atoms with E-state index in [1.807, 2.05) is 38.1 Å². The van der Waals surface area contributed by atoms with Gasteiger partial charge in [-0.2, -0.15) is 0 Å². The van der Waals surface area contributed by atoms with E-state index < -0.39 is 9.84 Å². The number of phenols is 1. The second-order valence-electron chi connectivity index (χ2n) is 9.17. The van der Waals surface area contributed by atoms with Crippen LogP contribution in [0.25, 0.3) is 16.7 Å². The number of rotatable bonds is 11. The SMILES string of the molecule is CCC(C)c1cc(S(=O)(=O)CCCC[N+](C)(CC)CC)cc(-n2nc3ccccc3n2)c1O. The van der Waals surface area contributed by atoms with Crippen LogP contribution in [0, 0.1) is 0 Å². The third-order valence-corrected chi connectivity index (χ3v) is 8.77. The molecule has 7 nitrogen and oxygen atoms in total. The van der Waals surface area contributed by atoms with Gasteiger partial charge in [0.05, 0.1) is 37.3 Å². The summed E-state index contributed by atoms with van der Waals surface area (Å²) in [6.45, 7) is 11.4. The highest BCUT2D eigenvalue weighted by molar-refractivity contribution is 7.91. The number of fused-ring (bicyclic) bond motifs is 1. The van der Waals surface area contributed by atoms with E-state index in [4.69, 9.17) is 0 Å². The Hall–Kier alpha value is -2.45. The number of nitrogens with zero attached hydrogens (tertiary/aromatic N) is 4. The monoisotopic (exact) mass is 473 g/mol. The lowest BCUT2D eigenvalue weighted by atomic mass is 9.97. The van der Waals surface area contributed by atoms with Gasteiger partial charge in [0, 0.05) is 5.56 Å². The lowest BCUT2D eigenvalue weighted by Crippen LogP contribution is -2.44. The lowest BCUT2D eigenvalue weighted by molar-refractivity contribution is -0.906. The molecule has 3 rings (SSSR count). The van der Waals surface area contributed by atoms with Crippen molar-refractivity contribution in [2.75, 3.05) is 32.4 Å². The number of phenolic OH excluding ortho intramolecular Hbond substituents is 1. The van der Waals surface area contributed by atoms with Crippen molar-refractivity contribution in [3.63, 3.8) is 0 Å². The standard InChI is InChI=1S/C25H36N4O3S/c1-6-19(4)21-17-20(33(31,32)16-12-11-15-29(5,7-2)8-3)18-24(25(21)30)28-26-22-13-9-10-14-23(22)27-28/h9-10,13-14,17-19H,6-8,11-12,15-16H2,1-5H3/p+1. The van der Waals surface area contributed by atoms with Crippen LogP contribution in [0.5, 0.6) is 5.75 Å². The third-order valence-electron chi connectivity index (χ3n) is 6.99. The molecule has 0 saturated heterocycles. The molecule has 2 aromatic carbocycles. The number of sulfone groups is 1. The van der Waals surface area contributed by atoms with Crippen LogP contribution in [-0.4, -0.2) is 65.4 Å². The average molecular weight is 474 g/mol. The van der Waals surface area contributed by atoms with Gasteiger partial charge < -0.3 is 9.59 Å². The van der Waals surface area contributed by atoms with Crippen molar-refractivity contribution < 1.29 is 18.0 Å². The molecule has 0 amide bonds. The highest BCUT2D eigenvalue weighted by Crippen LogP contribution is 2.36. The zero-order chi connectivity index (χ0) is 24.2. The Morgan fingerprint density at radius 2 is 1.64 bits per heavy atom. The van der Waals surface area contributed by atoms with Crippen molar-refractivity contribution in [3.05, 3.63) is 42.0 Å². The summed E-state index contributed by atoms with van der Waals surface area (Å²) < 4.78 is 27.5. The number of hydrogen-bond donors (Lipinski definition) is 1. The molecule has 0 saturated carbocycles. The topological polar surface area (TPSA) is 85.1 Å². The maximum absolute atomic E-state index is 13.3. The highest BCUT2D eigenvalue weighted by Gasteiger charge is 2.24. The number of benzene rings is 2. The van der Waals surface area contributed by atoms with E-state index >= 15 is 0 Å². The Balaban J connectivity index is 1.94. The van der Waals surface area contributed by atoms with Gasteiger partial charge in [-0.25, -0.2) is 8.42 Å². The van der Waals surface area contributed by atoms with E-state index in [0.717, 1.165) is 37.0 Å². The second kappa shape index (κ2) is 10.2. The van der Waals surface area contributed by atoms with E-state index in [9.17, 15) is 13.5 Å². The van der Waals surface area contributed by atoms with Gasteiger partial charge in [0.15, 0.2) is 9.84 Å². The first-order valence-electron chi connectivity index (χ1n) is 11.9. The largest absolute Gasteiger partial charge is 0.505 e. The minimum Gasteiger partial charge on any atom is -0.505 e. The summed E-state index contributed by atoms with van der Waals surface area (Å²) in [6.07, 6.45) is 2.23. The van der Waals surface area contributed by atoms with Crippen LogP contribution in [0.2, 0.25) is 0 Å². The predicted molar refractivity (Wildman–Crippen MR) is 133 cm³/mol. The molecule has 33 heavy (non-hydrogen) atoms. The molecule has 8 heteroatoms.